The lowest BCUT2D eigenvalue weighted by Gasteiger charge is -2.39. The summed E-state index contributed by atoms with van der Waals surface area (Å²) in [6.45, 7) is 0.516. The van der Waals surface area contributed by atoms with Gasteiger partial charge in [-0.05, 0) is 43.5 Å². The standard InChI is InChI=1S/C24H28FN3O5S/c25-16-6-7-18(21(13-16)33-15-34)28-11-8-17(19(29)14-28)26-23(31)24(9-2-1-3-10-24)27-22(30)20-5-4-12-32-20/h4-7,12-13,17,34H,1-3,8-11,14-15H2,(H,26,31)(H,27,30). The molecule has 2 amide bonds. The summed E-state index contributed by atoms with van der Waals surface area (Å²) in [5, 5.41) is 5.76. The van der Waals surface area contributed by atoms with Gasteiger partial charge in [0.2, 0.25) is 5.91 Å². The van der Waals surface area contributed by atoms with Crippen molar-refractivity contribution < 1.29 is 27.9 Å². The van der Waals surface area contributed by atoms with Crippen molar-refractivity contribution in [2.24, 2.45) is 0 Å². The minimum atomic E-state index is -1.08. The molecule has 2 fully saturated rings. The van der Waals surface area contributed by atoms with E-state index in [-0.39, 0.29) is 29.9 Å². The van der Waals surface area contributed by atoms with Crippen LogP contribution in [-0.2, 0) is 9.59 Å². The summed E-state index contributed by atoms with van der Waals surface area (Å²) in [6.07, 6.45) is 5.37. The summed E-state index contributed by atoms with van der Waals surface area (Å²) in [5.74, 6) is -0.876. The first-order chi connectivity index (χ1) is 16.4. The molecule has 2 heterocycles. The highest BCUT2D eigenvalue weighted by Gasteiger charge is 2.43. The fourth-order valence-corrected chi connectivity index (χ4v) is 4.80. The van der Waals surface area contributed by atoms with Crippen molar-refractivity contribution in [2.45, 2.75) is 50.1 Å². The zero-order chi connectivity index (χ0) is 24.1. The predicted octanol–water partition coefficient (Wildman–Crippen LogP) is 3.08. The van der Waals surface area contributed by atoms with E-state index >= 15 is 0 Å². The van der Waals surface area contributed by atoms with Gasteiger partial charge in [-0.25, -0.2) is 4.39 Å². The molecule has 10 heteroatoms. The molecule has 0 bridgehead atoms. The smallest absolute Gasteiger partial charge is 0.287 e. The number of hydrogen-bond donors (Lipinski definition) is 3. The molecule has 1 aliphatic heterocycles. The van der Waals surface area contributed by atoms with E-state index in [9.17, 15) is 18.8 Å². The third-order valence-electron chi connectivity index (χ3n) is 6.45. The Kier molecular flexibility index (Phi) is 7.45. The van der Waals surface area contributed by atoms with Crippen molar-refractivity contribution in [3.8, 4) is 5.75 Å². The number of nitrogens with zero attached hydrogens (tertiary/aromatic N) is 1. The highest BCUT2D eigenvalue weighted by Crippen LogP contribution is 2.32. The van der Waals surface area contributed by atoms with Crippen LogP contribution in [0.2, 0.25) is 0 Å². The number of furan rings is 1. The Morgan fingerprint density at radius 1 is 1.24 bits per heavy atom. The molecule has 2 aliphatic rings. The van der Waals surface area contributed by atoms with Crippen molar-refractivity contribution in [2.75, 3.05) is 23.9 Å². The first-order valence-corrected chi connectivity index (χ1v) is 12.0. The number of Topliss-reactive ketones (excluding diaryl/α,β-unsaturated/α-hetero) is 1. The van der Waals surface area contributed by atoms with Crippen molar-refractivity contribution in [1.82, 2.24) is 10.6 Å². The number of ketones is 1. The van der Waals surface area contributed by atoms with E-state index in [2.05, 4.69) is 23.3 Å². The number of benzene rings is 1. The van der Waals surface area contributed by atoms with Gasteiger partial charge in [-0.15, -0.1) is 12.6 Å². The Bertz CT molecular complexity index is 1040. The number of carbonyl (C=O) groups is 3. The van der Waals surface area contributed by atoms with E-state index in [1.807, 2.05) is 0 Å². The van der Waals surface area contributed by atoms with Crippen molar-refractivity contribution >= 4 is 35.9 Å². The average Bonchev–Trinajstić information content (AvgIpc) is 3.37. The highest BCUT2D eigenvalue weighted by molar-refractivity contribution is 7.80. The Hall–Kier alpha value is -3.01. The van der Waals surface area contributed by atoms with Crippen LogP contribution in [0.5, 0.6) is 5.75 Å². The maximum Gasteiger partial charge on any atom is 0.287 e. The van der Waals surface area contributed by atoms with E-state index in [0.29, 0.717) is 37.2 Å². The molecule has 8 nitrogen and oxygen atoms in total. The van der Waals surface area contributed by atoms with Crippen LogP contribution in [0, 0.1) is 5.82 Å². The van der Waals surface area contributed by atoms with Gasteiger partial charge in [0.05, 0.1) is 24.5 Å². The molecule has 1 atom stereocenters. The van der Waals surface area contributed by atoms with Crippen LogP contribution in [0.3, 0.4) is 0 Å². The molecule has 2 aromatic rings. The number of halogens is 1. The molecule has 34 heavy (non-hydrogen) atoms. The van der Waals surface area contributed by atoms with Crippen LogP contribution >= 0.6 is 12.6 Å². The molecule has 1 aromatic heterocycles. The second-order valence-electron chi connectivity index (χ2n) is 8.66. The molecule has 1 unspecified atom stereocenters. The van der Waals surface area contributed by atoms with Gasteiger partial charge in [-0.2, -0.15) is 0 Å². The number of hydrogen-bond acceptors (Lipinski definition) is 7. The monoisotopic (exact) mass is 489 g/mol. The summed E-state index contributed by atoms with van der Waals surface area (Å²) < 4.78 is 24.2. The average molecular weight is 490 g/mol. The van der Waals surface area contributed by atoms with Crippen molar-refractivity contribution in [1.29, 1.82) is 0 Å². The highest BCUT2D eigenvalue weighted by atomic mass is 32.1. The molecule has 4 rings (SSSR count). The van der Waals surface area contributed by atoms with Crippen LogP contribution in [0.1, 0.15) is 49.1 Å². The van der Waals surface area contributed by atoms with Crippen LogP contribution < -0.4 is 20.3 Å². The first-order valence-electron chi connectivity index (χ1n) is 11.4. The number of carbonyl (C=O) groups excluding carboxylic acids is 3. The molecule has 182 valence electrons. The van der Waals surface area contributed by atoms with Crippen molar-refractivity contribution in [3.63, 3.8) is 0 Å². The van der Waals surface area contributed by atoms with Gasteiger partial charge in [0, 0.05) is 12.6 Å². The second kappa shape index (κ2) is 10.5. The maximum atomic E-state index is 13.6. The third kappa shape index (κ3) is 5.22. The first kappa shape index (κ1) is 24.1. The molecular formula is C24H28FN3O5S. The van der Waals surface area contributed by atoms with Gasteiger partial charge >= 0.3 is 0 Å². The van der Waals surface area contributed by atoms with Gasteiger partial charge in [0.25, 0.3) is 5.91 Å². The zero-order valence-electron chi connectivity index (χ0n) is 18.7. The summed E-state index contributed by atoms with van der Waals surface area (Å²) in [4.78, 5) is 40.8. The Labute approximate surface area is 202 Å². The van der Waals surface area contributed by atoms with Gasteiger partial charge in [0.1, 0.15) is 23.0 Å². The third-order valence-corrected chi connectivity index (χ3v) is 6.58. The quantitative estimate of drug-likeness (QED) is 0.408. The van der Waals surface area contributed by atoms with E-state index < -0.39 is 23.3 Å². The molecule has 0 radical (unpaired) electrons. The van der Waals surface area contributed by atoms with E-state index in [4.69, 9.17) is 9.15 Å². The molecule has 2 N–H and O–H groups in total. The number of piperidine rings is 1. The fourth-order valence-electron chi connectivity index (χ4n) is 4.66. The number of rotatable bonds is 7. The number of amides is 2. The summed E-state index contributed by atoms with van der Waals surface area (Å²) in [5.41, 5.74) is -0.479. The molecule has 0 spiro atoms. The number of ether oxygens (including phenoxy) is 1. The van der Waals surface area contributed by atoms with Gasteiger partial charge in [-0.1, -0.05) is 19.3 Å². The lowest BCUT2D eigenvalue weighted by atomic mass is 9.80. The number of thiol groups is 1. The predicted molar refractivity (Wildman–Crippen MR) is 127 cm³/mol. The Morgan fingerprint density at radius 2 is 2.03 bits per heavy atom. The van der Waals surface area contributed by atoms with Crippen molar-refractivity contribution in [3.05, 3.63) is 48.2 Å². The number of nitrogens with one attached hydrogen (secondary N) is 2. The minimum Gasteiger partial charge on any atom is -0.481 e. The van der Waals surface area contributed by atoms with E-state index in [1.54, 1.807) is 23.1 Å². The second-order valence-corrected chi connectivity index (χ2v) is 8.92. The zero-order valence-corrected chi connectivity index (χ0v) is 19.6. The summed E-state index contributed by atoms with van der Waals surface area (Å²) >= 11 is 4.03. The summed E-state index contributed by atoms with van der Waals surface area (Å²) in [6, 6.07) is 6.64. The van der Waals surface area contributed by atoms with Gasteiger partial charge in [-0.3, -0.25) is 14.4 Å². The van der Waals surface area contributed by atoms with Crippen LogP contribution in [-0.4, -0.2) is 48.2 Å². The largest absolute Gasteiger partial charge is 0.481 e. The van der Waals surface area contributed by atoms with E-state index in [1.165, 1.54) is 18.4 Å². The molecule has 1 aromatic carbocycles. The lowest BCUT2D eigenvalue weighted by Crippen LogP contribution is -2.63. The minimum absolute atomic E-state index is 0.0469. The fraction of sp³-hybridized carbons (Fsp3) is 0.458. The Balaban J connectivity index is 1.44. The maximum absolute atomic E-state index is 13.6. The normalized spacial score (nSPS) is 20.0. The van der Waals surface area contributed by atoms with Gasteiger partial charge in [0.15, 0.2) is 11.5 Å². The van der Waals surface area contributed by atoms with Crippen LogP contribution in [0.15, 0.2) is 41.0 Å². The lowest BCUT2D eigenvalue weighted by molar-refractivity contribution is -0.133. The molecule has 1 saturated carbocycles. The summed E-state index contributed by atoms with van der Waals surface area (Å²) in [7, 11) is 0. The SMILES string of the molecule is O=C(NC1(C(=O)NC2CCN(c3ccc(F)cc3OCS)CC2=O)CCCCC1)c1ccco1. The van der Waals surface area contributed by atoms with Crippen LogP contribution in [0.25, 0.3) is 0 Å². The molecule has 1 aliphatic carbocycles. The van der Waals surface area contributed by atoms with Crippen LogP contribution in [0.4, 0.5) is 10.1 Å². The molecular weight excluding hydrogens is 461 g/mol. The molecule has 1 saturated heterocycles. The van der Waals surface area contributed by atoms with E-state index in [0.717, 1.165) is 19.3 Å². The number of anilines is 1. The van der Waals surface area contributed by atoms with Gasteiger partial charge < -0.3 is 24.7 Å². The Morgan fingerprint density at radius 3 is 2.71 bits per heavy atom. The topological polar surface area (TPSA) is 101 Å².